The van der Waals surface area contributed by atoms with Crippen molar-refractivity contribution in [3.05, 3.63) is 23.2 Å². The lowest BCUT2D eigenvalue weighted by Crippen LogP contribution is -2.17. The van der Waals surface area contributed by atoms with Crippen LogP contribution in [0.4, 0.5) is 5.69 Å². The summed E-state index contributed by atoms with van der Waals surface area (Å²) in [5, 5.41) is 3.53. The molecule has 0 saturated heterocycles. The first-order valence-corrected chi connectivity index (χ1v) is 6.28. The third kappa shape index (κ3) is 4.84. The molecule has 1 N–H and O–H groups in total. The quantitative estimate of drug-likeness (QED) is 0.611. The fourth-order valence-electron chi connectivity index (χ4n) is 1.37. The Bertz CT molecular complexity index is 396. The van der Waals surface area contributed by atoms with Crippen LogP contribution in [0.3, 0.4) is 0 Å². The molecule has 0 saturated carbocycles. The topological polar surface area (TPSA) is 47.6 Å². The highest BCUT2D eigenvalue weighted by atomic mass is 35.5. The average Bonchev–Trinajstić information content (AvgIpc) is 2.37. The van der Waals surface area contributed by atoms with Crippen molar-refractivity contribution >= 4 is 23.3 Å². The van der Waals surface area contributed by atoms with Gasteiger partial charge >= 0.3 is 5.97 Å². The highest BCUT2D eigenvalue weighted by molar-refractivity contribution is 6.30. The molecule has 18 heavy (non-hydrogen) atoms. The number of esters is 1. The van der Waals surface area contributed by atoms with E-state index in [2.05, 4.69) is 5.32 Å². The maximum Gasteiger partial charge on any atom is 0.325 e. The minimum Gasteiger partial charge on any atom is -0.495 e. The van der Waals surface area contributed by atoms with Gasteiger partial charge in [-0.1, -0.05) is 24.9 Å². The van der Waals surface area contributed by atoms with Gasteiger partial charge in [0.15, 0.2) is 0 Å². The van der Waals surface area contributed by atoms with E-state index in [0.717, 1.165) is 12.8 Å². The summed E-state index contributed by atoms with van der Waals surface area (Å²) in [6, 6.07) is 5.18. The molecular formula is C13H18ClNO3. The SMILES string of the molecule is CCCCOC(=O)CNc1cc(Cl)ccc1OC. The van der Waals surface area contributed by atoms with Gasteiger partial charge in [0.25, 0.3) is 0 Å². The summed E-state index contributed by atoms with van der Waals surface area (Å²) in [5.41, 5.74) is 0.678. The molecule has 0 spiro atoms. The highest BCUT2D eigenvalue weighted by Gasteiger charge is 2.07. The van der Waals surface area contributed by atoms with Crippen LogP contribution in [0.15, 0.2) is 18.2 Å². The predicted octanol–water partition coefficient (Wildman–Crippen LogP) is 3.10. The van der Waals surface area contributed by atoms with Crippen LogP contribution in [-0.2, 0) is 9.53 Å². The standard InChI is InChI=1S/C13H18ClNO3/c1-3-4-7-18-13(16)9-15-11-8-10(14)5-6-12(11)17-2/h5-6,8,15H,3-4,7,9H2,1-2H3. The first-order chi connectivity index (χ1) is 8.67. The fraction of sp³-hybridized carbons (Fsp3) is 0.462. The first kappa shape index (κ1) is 14.6. The summed E-state index contributed by atoms with van der Waals surface area (Å²) in [6.45, 7) is 2.60. The van der Waals surface area contributed by atoms with Crippen molar-refractivity contribution in [2.24, 2.45) is 0 Å². The van der Waals surface area contributed by atoms with Gasteiger partial charge in [0.1, 0.15) is 12.3 Å². The fourth-order valence-corrected chi connectivity index (χ4v) is 1.54. The van der Waals surface area contributed by atoms with Gasteiger partial charge in [0.2, 0.25) is 0 Å². The molecule has 0 aliphatic heterocycles. The molecule has 4 nitrogen and oxygen atoms in total. The van der Waals surface area contributed by atoms with Crippen molar-refractivity contribution in [3.8, 4) is 5.75 Å². The zero-order valence-electron chi connectivity index (χ0n) is 10.7. The summed E-state index contributed by atoms with van der Waals surface area (Å²) < 4.78 is 10.2. The Hall–Kier alpha value is -1.42. The molecule has 0 amide bonds. The maximum absolute atomic E-state index is 11.4. The van der Waals surface area contributed by atoms with Gasteiger partial charge in [0, 0.05) is 5.02 Å². The van der Waals surface area contributed by atoms with Gasteiger partial charge in [-0.05, 0) is 24.6 Å². The van der Waals surface area contributed by atoms with E-state index in [1.165, 1.54) is 0 Å². The third-order valence-electron chi connectivity index (χ3n) is 2.35. The molecular weight excluding hydrogens is 254 g/mol. The van der Waals surface area contributed by atoms with Gasteiger partial charge in [-0.15, -0.1) is 0 Å². The number of carbonyl (C=O) groups excluding carboxylic acids is 1. The van der Waals surface area contributed by atoms with Crippen LogP contribution in [-0.4, -0.2) is 26.2 Å². The number of halogens is 1. The number of carbonyl (C=O) groups is 1. The summed E-state index contributed by atoms with van der Waals surface area (Å²) in [5.74, 6) is 0.353. The summed E-state index contributed by atoms with van der Waals surface area (Å²) in [6.07, 6.45) is 1.88. The largest absolute Gasteiger partial charge is 0.495 e. The van der Waals surface area contributed by atoms with E-state index in [9.17, 15) is 4.79 Å². The molecule has 0 heterocycles. The van der Waals surface area contributed by atoms with Crippen LogP contribution in [0, 0.1) is 0 Å². The first-order valence-electron chi connectivity index (χ1n) is 5.90. The van der Waals surface area contributed by atoms with Crippen LogP contribution in [0.1, 0.15) is 19.8 Å². The van der Waals surface area contributed by atoms with E-state index in [-0.39, 0.29) is 12.5 Å². The van der Waals surface area contributed by atoms with Gasteiger partial charge in [-0.25, -0.2) is 0 Å². The number of hydrogen-bond donors (Lipinski definition) is 1. The molecule has 0 fully saturated rings. The molecule has 1 aromatic rings. The predicted molar refractivity (Wildman–Crippen MR) is 72.4 cm³/mol. The maximum atomic E-state index is 11.4. The summed E-state index contributed by atoms with van der Waals surface area (Å²) in [7, 11) is 1.56. The molecule has 1 rings (SSSR count). The molecule has 0 radical (unpaired) electrons. The number of benzene rings is 1. The summed E-state index contributed by atoms with van der Waals surface area (Å²) >= 11 is 5.88. The number of anilines is 1. The normalized spacial score (nSPS) is 9.94. The van der Waals surface area contributed by atoms with Gasteiger partial charge in [0.05, 0.1) is 19.4 Å². The average molecular weight is 272 g/mol. The van der Waals surface area contributed by atoms with Crippen LogP contribution in [0.25, 0.3) is 0 Å². The van der Waals surface area contributed by atoms with Crippen molar-refractivity contribution in [1.29, 1.82) is 0 Å². The van der Waals surface area contributed by atoms with Crippen molar-refractivity contribution in [1.82, 2.24) is 0 Å². The van der Waals surface area contributed by atoms with E-state index >= 15 is 0 Å². The smallest absolute Gasteiger partial charge is 0.325 e. The molecule has 0 atom stereocenters. The van der Waals surface area contributed by atoms with Crippen LogP contribution < -0.4 is 10.1 Å². The Kier molecular flexibility index (Phi) is 6.36. The molecule has 1 aromatic carbocycles. The minimum atomic E-state index is -0.287. The van der Waals surface area contributed by atoms with Crippen molar-refractivity contribution in [2.75, 3.05) is 25.6 Å². The van der Waals surface area contributed by atoms with Crippen molar-refractivity contribution < 1.29 is 14.3 Å². The lowest BCUT2D eigenvalue weighted by atomic mass is 10.3. The van der Waals surface area contributed by atoms with Crippen molar-refractivity contribution in [2.45, 2.75) is 19.8 Å². The Balaban J connectivity index is 2.47. The second kappa shape index (κ2) is 7.82. The van der Waals surface area contributed by atoms with E-state index in [0.29, 0.717) is 23.1 Å². The molecule has 0 aliphatic carbocycles. The van der Waals surface area contributed by atoms with E-state index < -0.39 is 0 Å². The molecule has 0 aliphatic rings. The zero-order chi connectivity index (χ0) is 13.4. The van der Waals surface area contributed by atoms with E-state index in [1.807, 2.05) is 6.92 Å². The van der Waals surface area contributed by atoms with Gasteiger partial charge < -0.3 is 14.8 Å². The Morgan fingerprint density at radius 2 is 2.22 bits per heavy atom. The Labute approximate surface area is 112 Å². The summed E-state index contributed by atoms with van der Waals surface area (Å²) in [4.78, 5) is 11.4. The van der Waals surface area contributed by atoms with Gasteiger partial charge in [-0.2, -0.15) is 0 Å². The number of hydrogen-bond acceptors (Lipinski definition) is 4. The Morgan fingerprint density at radius 1 is 1.44 bits per heavy atom. The molecule has 5 heteroatoms. The minimum absolute atomic E-state index is 0.0976. The molecule has 0 aromatic heterocycles. The van der Waals surface area contributed by atoms with Crippen LogP contribution >= 0.6 is 11.6 Å². The number of nitrogens with one attached hydrogen (secondary N) is 1. The second-order valence-electron chi connectivity index (χ2n) is 3.77. The molecule has 0 bridgehead atoms. The van der Waals surface area contributed by atoms with Crippen molar-refractivity contribution in [3.63, 3.8) is 0 Å². The molecule has 0 unspecified atom stereocenters. The lowest BCUT2D eigenvalue weighted by Gasteiger charge is -2.11. The third-order valence-corrected chi connectivity index (χ3v) is 2.58. The monoisotopic (exact) mass is 271 g/mol. The number of methoxy groups -OCH3 is 1. The van der Waals surface area contributed by atoms with E-state index in [1.54, 1.807) is 25.3 Å². The number of ether oxygens (including phenoxy) is 2. The van der Waals surface area contributed by atoms with E-state index in [4.69, 9.17) is 21.1 Å². The second-order valence-corrected chi connectivity index (χ2v) is 4.21. The number of rotatable bonds is 7. The van der Waals surface area contributed by atoms with Crippen LogP contribution in [0.2, 0.25) is 5.02 Å². The van der Waals surface area contributed by atoms with Crippen LogP contribution in [0.5, 0.6) is 5.75 Å². The zero-order valence-corrected chi connectivity index (χ0v) is 11.4. The van der Waals surface area contributed by atoms with Gasteiger partial charge in [-0.3, -0.25) is 4.79 Å². The lowest BCUT2D eigenvalue weighted by molar-refractivity contribution is -0.141. The number of unbranched alkanes of at least 4 members (excludes halogenated alkanes) is 1. The highest BCUT2D eigenvalue weighted by Crippen LogP contribution is 2.27. The molecule has 100 valence electrons. The Morgan fingerprint density at radius 3 is 2.89 bits per heavy atom.